The Morgan fingerprint density at radius 3 is 2.48 bits per heavy atom. The van der Waals surface area contributed by atoms with E-state index < -0.39 is 12.0 Å². The standard InChI is InChI=1S/C21H18ClNO4S2/c1-2-17(20(25)26)23-19(24)18(29-21(23)28)11-13-5-9-16(10-6-13)27-12-14-3-7-15(22)8-4-14/h3-11,17H,2,12H2,1H3,(H,25,26)/b18-11-/t17-/m0/s1. The molecule has 1 saturated heterocycles. The second-order valence-electron chi connectivity index (χ2n) is 6.30. The second kappa shape index (κ2) is 9.43. The summed E-state index contributed by atoms with van der Waals surface area (Å²) in [6, 6.07) is 13.8. The van der Waals surface area contributed by atoms with E-state index >= 15 is 0 Å². The maximum absolute atomic E-state index is 12.6. The van der Waals surface area contributed by atoms with Gasteiger partial charge in [0.25, 0.3) is 5.91 Å². The van der Waals surface area contributed by atoms with Gasteiger partial charge < -0.3 is 9.84 Å². The van der Waals surface area contributed by atoms with E-state index in [2.05, 4.69) is 0 Å². The van der Waals surface area contributed by atoms with Crippen molar-refractivity contribution in [2.24, 2.45) is 0 Å². The maximum atomic E-state index is 12.6. The fourth-order valence-corrected chi connectivity index (χ4v) is 4.26. The number of carboxylic acid groups (broad SMARTS) is 1. The first-order valence-corrected chi connectivity index (χ1v) is 10.5. The number of benzene rings is 2. The van der Waals surface area contributed by atoms with Crippen LogP contribution in [0.5, 0.6) is 5.75 Å². The Hall–Kier alpha value is -2.35. The number of rotatable bonds is 7. The van der Waals surface area contributed by atoms with Crippen LogP contribution in [0.15, 0.2) is 53.4 Å². The van der Waals surface area contributed by atoms with Crippen LogP contribution in [0.4, 0.5) is 0 Å². The number of aliphatic carboxylic acids is 1. The minimum Gasteiger partial charge on any atom is -0.489 e. The minimum atomic E-state index is -1.06. The SMILES string of the molecule is CC[C@@H](C(=O)O)N1C(=O)/C(=C/c2ccc(OCc3ccc(Cl)cc3)cc2)SC1=S. The lowest BCUT2D eigenvalue weighted by Crippen LogP contribution is -2.43. The molecule has 1 atom stereocenters. The van der Waals surface area contributed by atoms with E-state index in [0.29, 0.717) is 22.3 Å². The van der Waals surface area contributed by atoms with Crippen LogP contribution < -0.4 is 4.74 Å². The number of hydrogen-bond donors (Lipinski definition) is 1. The van der Waals surface area contributed by atoms with Crippen molar-refractivity contribution < 1.29 is 19.4 Å². The number of nitrogens with zero attached hydrogens (tertiary/aromatic N) is 1. The normalized spacial score (nSPS) is 16.3. The third kappa shape index (κ3) is 5.18. The van der Waals surface area contributed by atoms with Crippen LogP contribution in [0.2, 0.25) is 5.02 Å². The summed E-state index contributed by atoms with van der Waals surface area (Å²) in [6.45, 7) is 2.13. The molecule has 5 nitrogen and oxygen atoms in total. The number of carbonyl (C=O) groups excluding carboxylic acids is 1. The number of carboxylic acids is 1. The van der Waals surface area contributed by atoms with Crippen molar-refractivity contribution in [1.82, 2.24) is 4.90 Å². The van der Waals surface area contributed by atoms with Gasteiger partial charge in [-0.25, -0.2) is 4.79 Å². The van der Waals surface area contributed by atoms with Gasteiger partial charge in [-0.1, -0.05) is 66.8 Å². The Kier molecular flexibility index (Phi) is 6.95. The first-order chi connectivity index (χ1) is 13.9. The van der Waals surface area contributed by atoms with Gasteiger partial charge >= 0.3 is 5.97 Å². The summed E-state index contributed by atoms with van der Waals surface area (Å²) in [6.07, 6.45) is 1.99. The molecule has 0 spiro atoms. The molecule has 1 amide bonds. The Morgan fingerprint density at radius 1 is 1.24 bits per heavy atom. The molecule has 1 aliphatic heterocycles. The first kappa shape index (κ1) is 21.4. The van der Waals surface area contributed by atoms with Crippen LogP contribution in [0.3, 0.4) is 0 Å². The van der Waals surface area contributed by atoms with E-state index in [4.69, 9.17) is 28.6 Å². The van der Waals surface area contributed by atoms with Gasteiger partial charge in [0.1, 0.15) is 22.7 Å². The van der Waals surface area contributed by atoms with E-state index in [1.54, 1.807) is 13.0 Å². The highest BCUT2D eigenvalue weighted by molar-refractivity contribution is 8.26. The fourth-order valence-electron chi connectivity index (χ4n) is 2.78. The highest BCUT2D eigenvalue weighted by atomic mass is 35.5. The molecule has 1 aliphatic rings. The van der Waals surface area contributed by atoms with Crippen LogP contribution in [0, 0.1) is 0 Å². The molecule has 0 aromatic heterocycles. The van der Waals surface area contributed by atoms with Crippen LogP contribution in [0.25, 0.3) is 6.08 Å². The van der Waals surface area contributed by atoms with Crippen molar-refractivity contribution in [3.05, 3.63) is 69.6 Å². The third-order valence-electron chi connectivity index (χ3n) is 4.30. The van der Waals surface area contributed by atoms with Gasteiger partial charge in [0, 0.05) is 5.02 Å². The lowest BCUT2D eigenvalue weighted by Gasteiger charge is -2.21. The van der Waals surface area contributed by atoms with Gasteiger partial charge in [-0.3, -0.25) is 9.69 Å². The van der Waals surface area contributed by atoms with Gasteiger partial charge in [0.15, 0.2) is 0 Å². The second-order valence-corrected chi connectivity index (χ2v) is 8.41. The van der Waals surface area contributed by atoms with Gasteiger partial charge in [-0.05, 0) is 47.9 Å². The smallest absolute Gasteiger partial charge is 0.326 e. The Morgan fingerprint density at radius 2 is 1.90 bits per heavy atom. The number of ether oxygens (including phenoxy) is 1. The largest absolute Gasteiger partial charge is 0.489 e. The van der Waals surface area contributed by atoms with E-state index in [1.807, 2.05) is 48.5 Å². The summed E-state index contributed by atoms with van der Waals surface area (Å²) in [5.74, 6) is -0.744. The molecular weight excluding hydrogens is 430 g/mol. The van der Waals surface area contributed by atoms with Crippen molar-refractivity contribution in [3.8, 4) is 5.75 Å². The predicted molar refractivity (Wildman–Crippen MR) is 119 cm³/mol. The molecule has 2 aromatic rings. The van der Waals surface area contributed by atoms with Gasteiger partial charge in [0.2, 0.25) is 0 Å². The molecule has 0 unspecified atom stereocenters. The van der Waals surface area contributed by atoms with E-state index in [9.17, 15) is 14.7 Å². The molecule has 0 bridgehead atoms. The summed E-state index contributed by atoms with van der Waals surface area (Å²) >= 11 is 12.2. The van der Waals surface area contributed by atoms with Crippen LogP contribution in [-0.4, -0.2) is 32.2 Å². The summed E-state index contributed by atoms with van der Waals surface area (Å²) in [4.78, 5) is 25.6. The zero-order chi connectivity index (χ0) is 21.0. The first-order valence-electron chi connectivity index (χ1n) is 8.86. The lowest BCUT2D eigenvalue weighted by atomic mass is 10.1. The number of carbonyl (C=O) groups is 2. The molecule has 0 radical (unpaired) electrons. The third-order valence-corrected chi connectivity index (χ3v) is 5.89. The number of thiocarbonyl (C=S) groups is 1. The monoisotopic (exact) mass is 447 g/mol. The topological polar surface area (TPSA) is 66.8 Å². The lowest BCUT2D eigenvalue weighted by molar-refractivity contribution is -0.145. The van der Waals surface area contributed by atoms with Gasteiger partial charge in [0.05, 0.1) is 4.91 Å². The number of amides is 1. The summed E-state index contributed by atoms with van der Waals surface area (Å²) in [7, 11) is 0. The minimum absolute atomic E-state index is 0.262. The molecule has 2 aromatic carbocycles. The Balaban J connectivity index is 1.67. The summed E-state index contributed by atoms with van der Waals surface area (Å²) < 4.78 is 6.02. The van der Waals surface area contributed by atoms with Gasteiger partial charge in [-0.2, -0.15) is 0 Å². The zero-order valence-corrected chi connectivity index (χ0v) is 17.9. The predicted octanol–water partition coefficient (Wildman–Crippen LogP) is 4.98. The molecule has 0 saturated carbocycles. The highest BCUT2D eigenvalue weighted by Gasteiger charge is 2.39. The van der Waals surface area contributed by atoms with E-state index in [1.165, 1.54) is 4.90 Å². The van der Waals surface area contributed by atoms with E-state index in [-0.39, 0.29) is 16.6 Å². The highest BCUT2D eigenvalue weighted by Crippen LogP contribution is 2.34. The Bertz CT molecular complexity index is 958. The molecule has 0 aliphatic carbocycles. The number of halogens is 1. The molecule has 1 fully saturated rings. The van der Waals surface area contributed by atoms with Crippen LogP contribution in [0.1, 0.15) is 24.5 Å². The zero-order valence-electron chi connectivity index (χ0n) is 15.5. The molecular formula is C21H18ClNO4S2. The van der Waals surface area contributed by atoms with Crippen molar-refractivity contribution in [3.63, 3.8) is 0 Å². The molecule has 3 rings (SSSR count). The van der Waals surface area contributed by atoms with Gasteiger partial charge in [-0.15, -0.1) is 0 Å². The number of hydrogen-bond acceptors (Lipinski definition) is 5. The van der Waals surface area contributed by atoms with Crippen molar-refractivity contribution in [2.45, 2.75) is 26.0 Å². The van der Waals surface area contributed by atoms with Crippen LogP contribution in [-0.2, 0) is 16.2 Å². The maximum Gasteiger partial charge on any atom is 0.326 e. The summed E-state index contributed by atoms with van der Waals surface area (Å²) in [5, 5.41) is 10.00. The molecule has 29 heavy (non-hydrogen) atoms. The van der Waals surface area contributed by atoms with Crippen molar-refractivity contribution in [2.75, 3.05) is 0 Å². The Labute approximate surface area is 183 Å². The average Bonchev–Trinajstić information content (AvgIpc) is 2.97. The van der Waals surface area contributed by atoms with Crippen molar-refractivity contribution in [1.29, 1.82) is 0 Å². The quantitative estimate of drug-likeness (QED) is 0.476. The van der Waals surface area contributed by atoms with Crippen molar-refractivity contribution >= 4 is 57.9 Å². The molecule has 1 N–H and O–H groups in total. The molecule has 150 valence electrons. The average molecular weight is 448 g/mol. The summed E-state index contributed by atoms with van der Waals surface area (Å²) in [5.41, 5.74) is 1.80. The van der Waals surface area contributed by atoms with E-state index in [0.717, 1.165) is 22.9 Å². The number of thioether (sulfide) groups is 1. The molecule has 8 heteroatoms. The fraction of sp³-hybridized carbons (Fsp3) is 0.190. The van der Waals surface area contributed by atoms with Crippen LogP contribution >= 0.6 is 35.6 Å². The molecule has 1 heterocycles.